The highest BCUT2D eigenvalue weighted by Gasteiger charge is 2.19. The third-order valence-electron chi connectivity index (χ3n) is 1.28. The Hall–Kier alpha value is -0.970. The minimum atomic E-state index is -2.98. The molecular formula is C6H4ClF3N2. The standard InChI is InChI=1S/C6H4ClF3N2/c7-5-4(11)3(6(9)10)2(8)1-12-5/h1,6H,11H2. The van der Waals surface area contributed by atoms with Crippen molar-refractivity contribution in [3.8, 4) is 0 Å². The van der Waals surface area contributed by atoms with Gasteiger partial charge in [-0.15, -0.1) is 0 Å². The van der Waals surface area contributed by atoms with Gasteiger partial charge in [0.05, 0.1) is 17.4 Å². The first-order valence-corrected chi connectivity index (χ1v) is 3.29. The molecule has 66 valence electrons. The van der Waals surface area contributed by atoms with Crippen molar-refractivity contribution in [1.82, 2.24) is 4.98 Å². The lowest BCUT2D eigenvalue weighted by Crippen LogP contribution is -2.01. The number of nitrogen functional groups attached to an aromatic ring is 1. The predicted octanol–water partition coefficient (Wildman–Crippen LogP) is 2.39. The maximum Gasteiger partial charge on any atom is 0.268 e. The number of rotatable bonds is 1. The second kappa shape index (κ2) is 3.18. The average molecular weight is 197 g/mol. The van der Waals surface area contributed by atoms with Crippen LogP contribution in [0.3, 0.4) is 0 Å². The van der Waals surface area contributed by atoms with Crippen LogP contribution in [0.25, 0.3) is 0 Å². The normalized spacial score (nSPS) is 10.8. The van der Waals surface area contributed by atoms with E-state index in [1.165, 1.54) is 0 Å². The Morgan fingerprint density at radius 1 is 1.50 bits per heavy atom. The molecule has 1 heterocycles. The molecule has 6 heteroatoms. The van der Waals surface area contributed by atoms with E-state index in [4.69, 9.17) is 17.3 Å². The Morgan fingerprint density at radius 3 is 2.50 bits per heavy atom. The van der Waals surface area contributed by atoms with Gasteiger partial charge in [-0.1, -0.05) is 11.6 Å². The van der Waals surface area contributed by atoms with Gasteiger partial charge in [-0.25, -0.2) is 18.2 Å². The molecule has 0 aliphatic rings. The van der Waals surface area contributed by atoms with Gasteiger partial charge in [0.1, 0.15) is 0 Å². The van der Waals surface area contributed by atoms with Crippen molar-refractivity contribution in [2.45, 2.75) is 6.43 Å². The molecule has 0 aliphatic heterocycles. The second-order valence-electron chi connectivity index (χ2n) is 2.02. The molecule has 0 saturated carbocycles. The zero-order valence-corrected chi connectivity index (χ0v) is 6.45. The van der Waals surface area contributed by atoms with E-state index in [0.29, 0.717) is 6.20 Å². The minimum Gasteiger partial charge on any atom is -0.396 e. The predicted molar refractivity (Wildman–Crippen MR) is 38.6 cm³/mol. The topological polar surface area (TPSA) is 38.9 Å². The van der Waals surface area contributed by atoms with Crippen LogP contribution < -0.4 is 5.73 Å². The van der Waals surface area contributed by atoms with Crippen molar-refractivity contribution in [3.05, 3.63) is 22.7 Å². The van der Waals surface area contributed by atoms with Crippen LogP contribution in [0.15, 0.2) is 6.20 Å². The Morgan fingerprint density at radius 2 is 2.08 bits per heavy atom. The van der Waals surface area contributed by atoms with Gasteiger partial charge in [-0.3, -0.25) is 0 Å². The first-order valence-electron chi connectivity index (χ1n) is 2.91. The summed E-state index contributed by atoms with van der Waals surface area (Å²) in [5.41, 5.74) is 3.67. The summed E-state index contributed by atoms with van der Waals surface area (Å²) < 4.78 is 36.7. The maximum absolute atomic E-state index is 12.6. The fourth-order valence-corrected chi connectivity index (χ4v) is 0.865. The molecule has 0 fully saturated rings. The molecule has 0 saturated heterocycles. The third kappa shape index (κ3) is 1.45. The zero-order valence-electron chi connectivity index (χ0n) is 5.69. The van der Waals surface area contributed by atoms with Crippen molar-refractivity contribution in [2.75, 3.05) is 5.73 Å². The van der Waals surface area contributed by atoms with Gasteiger partial charge in [0.2, 0.25) is 0 Å². The van der Waals surface area contributed by atoms with Crippen LogP contribution in [0.1, 0.15) is 12.0 Å². The maximum atomic E-state index is 12.6. The number of alkyl halides is 2. The largest absolute Gasteiger partial charge is 0.396 e. The van der Waals surface area contributed by atoms with Crippen molar-refractivity contribution < 1.29 is 13.2 Å². The highest BCUT2D eigenvalue weighted by Crippen LogP contribution is 2.30. The van der Waals surface area contributed by atoms with E-state index in [9.17, 15) is 13.2 Å². The van der Waals surface area contributed by atoms with E-state index in [0.717, 1.165) is 0 Å². The number of anilines is 1. The zero-order chi connectivity index (χ0) is 9.30. The summed E-state index contributed by atoms with van der Waals surface area (Å²) in [6.45, 7) is 0. The van der Waals surface area contributed by atoms with E-state index in [1.54, 1.807) is 0 Å². The van der Waals surface area contributed by atoms with Crippen LogP contribution in [0.4, 0.5) is 18.9 Å². The molecule has 0 aromatic carbocycles. The van der Waals surface area contributed by atoms with Crippen LogP contribution >= 0.6 is 11.6 Å². The molecule has 0 radical (unpaired) electrons. The lowest BCUT2D eigenvalue weighted by molar-refractivity contribution is 0.147. The molecule has 1 rings (SSSR count). The van der Waals surface area contributed by atoms with Crippen LogP contribution in [0.5, 0.6) is 0 Å². The summed E-state index contributed by atoms with van der Waals surface area (Å²) in [5, 5.41) is -0.313. The number of pyridine rings is 1. The van der Waals surface area contributed by atoms with Gasteiger partial charge in [0.25, 0.3) is 6.43 Å². The van der Waals surface area contributed by atoms with Crippen LogP contribution in [-0.4, -0.2) is 4.98 Å². The monoisotopic (exact) mass is 196 g/mol. The molecule has 0 unspecified atom stereocenters. The van der Waals surface area contributed by atoms with Gasteiger partial charge >= 0.3 is 0 Å². The van der Waals surface area contributed by atoms with Gasteiger partial charge in [0, 0.05) is 0 Å². The van der Waals surface area contributed by atoms with E-state index in [-0.39, 0.29) is 5.15 Å². The number of halogens is 4. The highest BCUT2D eigenvalue weighted by molar-refractivity contribution is 6.31. The number of hydrogen-bond acceptors (Lipinski definition) is 2. The summed E-state index contributed by atoms with van der Waals surface area (Å²) in [4.78, 5) is 3.25. The van der Waals surface area contributed by atoms with E-state index in [2.05, 4.69) is 4.98 Å². The molecule has 0 spiro atoms. The van der Waals surface area contributed by atoms with E-state index >= 15 is 0 Å². The summed E-state index contributed by atoms with van der Waals surface area (Å²) >= 11 is 5.29. The Labute approximate surface area is 71.2 Å². The molecule has 0 aliphatic carbocycles. The Kier molecular flexibility index (Phi) is 2.42. The summed E-state index contributed by atoms with van der Waals surface area (Å²) in [7, 11) is 0. The molecule has 1 aromatic heterocycles. The highest BCUT2D eigenvalue weighted by atomic mass is 35.5. The summed E-state index contributed by atoms with van der Waals surface area (Å²) in [6.07, 6.45) is -2.37. The average Bonchev–Trinajstić information content (AvgIpc) is 1.97. The van der Waals surface area contributed by atoms with E-state index in [1.807, 2.05) is 0 Å². The lowest BCUT2D eigenvalue weighted by atomic mass is 10.2. The van der Waals surface area contributed by atoms with Crippen molar-refractivity contribution in [3.63, 3.8) is 0 Å². The lowest BCUT2D eigenvalue weighted by Gasteiger charge is -2.05. The smallest absolute Gasteiger partial charge is 0.268 e. The molecule has 0 bridgehead atoms. The second-order valence-corrected chi connectivity index (χ2v) is 2.38. The fraction of sp³-hybridized carbons (Fsp3) is 0.167. The van der Waals surface area contributed by atoms with Gasteiger partial charge < -0.3 is 5.73 Å². The molecular weight excluding hydrogens is 193 g/mol. The SMILES string of the molecule is Nc1c(Cl)ncc(F)c1C(F)F. The number of nitrogens with zero attached hydrogens (tertiary/aromatic N) is 1. The third-order valence-corrected chi connectivity index (χ3v) is 1.58. The molecule has 12 heavy (non-hydrogen) atoms. The van der Waals surface area contributed by atoms with Crippen molar-refractivity contribution >= 4 is 17.3 Å². The molecule has 2 N–H and O–H groups in total. The fourth-order valence-electron chi connectivity index (χ4n) is 0.714. The first-order chi connectivity index (χ1) is 5.54. The number of hydrogen-bond donors (Lipinski definition) is 1. The summed E-state index contributed by atoms with van der Waals surface area (Å²) in [6, 6.07) is 0. The molecule has 2 nitrogen and oxygen atoms in total. The number of nitrogens with two attached hydrogens (primary N) is 1. The van der Waals surface area contributed by atoms with Crippen molar-refractivity contribution in [2.24, 2.45) is 0 Å². The quantitative estimate of drug-likeness (QED) is 0.701. The Balaban J connectivity index is 3.33. The number of aromatic nitrogens is 1. The molecule has 0 atom stereocenters. The first kappa shape index (κ1) is 9.12. The van der Waals surface area contributed by atoms with Crippen LogP contribution in [-0.2, 0) is 0 Å². The molecule has 0 amide bonds. The van der Waals surface area contributed by atoms with Gasteiger partial charge in [-0.2, -0.15) is 0 Å². The van der Waals surface area contributed by atoms with Crippen LogP contribution in [0.2, 0.25) is 5.15 Å². The van der Waals surface area contributed by atoms with Gasteiger partial charge in [0.15, 0.2) is 11.0 Å². The van der Waals surface area contributed by atoms with Crippen molar-refractivity contribution in [1.29, 1.82) is 0 Å². The molecule has 1 aromatic rings. The Bertz CT molecular complexity index is 303. The minimum absolute atomic E-state index is 0.313. The van der Waals surface area contributed by atoms with E-state index < -0.39 is 23.5 Å². The summed E-state index contributed by atoms with van der Waals surface area (Å²) in [5.74, 6) is -1.15. The van der Waals surface area contributed by atoms with Crippen LogP contribution in [0, 0.1) is 5.82 Å². The van der Waals surface area contributed by atoms with Gasteiger partial charge in [-0.05, 0) is 0 Å².